The van der Waals surface area contributed by atoms with Gasteiger partial charge >= 0.3 is 0 Å². The van der Waals surface area contributed by atoms with Gasteiger partial charge in [0.1, 0.15) is 11.2 Å². The monoisotopic (exact) mass is 700 g/mol. The van der Waals surface area contributed by atoms with Crippen LogP contribution in [0.1, 0.15) is 0 Å². The summed E-state index contributed by atoms with van der Waals surface area (Å²) in [6, 6.07) is 70.3. The second-order valence-corrected chi connectivity index (χ2v) is 14.5. The average Bonchev–Trinajstić information content (AvgIpc) is 3.91. The van der Waals surface area contributed by atoms with E-state index in [2.05, 4.69) is 197 Å². The first-order valence-corrected chi connectivity index (χ1v) is 18.8. The summed E-state index contributed by atoms with van der Waals surface area (Å²) in [6.45, 7) is 0. The summed E-state index contributed by atoms with van der Waals surface area (Å²) in [7, 11) is 0. The predicted octanol–water partition coefficient (Wildman–Crippen LogP) is 14.3. The molecule has 3 nitrogen and oxygen atoms in total. The van der Waals surface area contributed by atoms with Crippen LogP contribution < -0.4 is 0 Å². The van der Waals surface area contributed by atoms with E-state index in [0.717, 1.165) is 38.8 Å². The van der Waals surface area contributed by atoms with Crippen molar-refractivity contribution in [1.29, 1.82) is 0 Å². The Morgan fingerprint density at radius 1 is 0.309 bits per heavy atom. The van der Waals surface area contributed by atoms with Crippen LogP contribution in [0.25, 0.3) is 110 Å². The van der Waals surface area contributed by atoms with Gasteiger partial charge in [-0.15, -0.1) is 0 Å². The summed E-state index contributed by atoms with van der Waals surface area (Å²) < 4.78 is 11.4. The van der Waals surface area contributed by atoms with Gasteiger partial charge in [0, 0.05) is 49.3 Å². The lowest BCUT2D eigenvalue weighted by molar-refractivity contribution is 0.670. The van der Waals surface area contributed by atoms with E-state index in [4.69, 9.17) is 4.42 Å². The van der Waals surface area contributed by atoms with Crippen molar-refractivity contribution >= 4 is 76.3 Å². The maximum Gasteiger partial charge on any atom is 0.143 e. The quantitative estimate of drug-likeness (QED) is 0.179. The van der Waals surface area contributed by atoms with Crippen LogP contribution in [-0.4, -0.2) is 9.13 Å². The Morgan fingerprint density at radius 3 is 1.58 bits per heavy atom. The molecular formula is C52H32N2O. The lowest BCUT2D eigenvalue weighted by Gasteiger charge is -2.12. The van der Waals surface area contributed by atoms with E-state index in [1.54, 1.807) is 0 Å². The third-order valence-corrected chi connectivity index (χ3v) is 11.5. The molecule has 12 aromatic rings. The SMILES string of the molecule is c1ccc(-c2cc(-n3c4ccccc4c4cc(-c5ccc6c(c5)c5ccccc5n6-c5ccc6ccccc6c5)ccc43)cc3c2oc2ccccc23)cc1. The highest BCUT2D eigenvalue weighted by Crippen LogP contribution is 2.42. The van der Waals surface area contributed by atoms with Crippen molar-refractivity contribution in [2.45, 2.75) is 0 Å². The van der Waals surface area contributed by atoms with E-state index in [1.165, 1.54) is 71.2 Å². The van der Waals surface area contributed by atoms with E-state index >= 15 is 0 Å². The van der Waals surface area contributed by atoms with Gasteiger partial charge in [-0.05, 0) is 94.2 Å². The molecular weight excluding hydrogens is 669 g/mol. The number of fused-ring (bicyclic) bond motifs is 10. The molecule has 3 heteroatoms. The molecule has 12 rings (SSSR count). The molecule has 0 aliphatic rings. The lowest BCUT2D eigenvalue weighted by Crippen LogP contribution is -1.95. The standard InChI is InChI=1S/C52H32N2O/c1-2-13-34(14-3-1)43-31-39(32-46-42-18-8-11-21-51(42)55-52(43)46)54-48-20-10-7-17-41(48)45-30-37(24-27-50(45)54)36-23-26-49-44(29-36)40-16-6-9-19-47(40)53(49)38-25-22-33-12-4-5-15-35(33)28-38/h1-32H. The minimum Gasteiger partial charge on any atom is -0.455 e. The molecule has 0 saturated heterocycles. The lowest BCUT2D eigenvalue weighted by atomic mass is 10.0. The van der Waals surface area contributed by atoms with Crippen LogP contribution >= 0.6 is 0 Å². The second-order valence-electron chi connectivity index (χ2n) is 14.5. The molecule has 0 aliphatic heterocycles. The van der Waals surface area contributed by atoms with Crippen molar-refractivity contribution in [2.24, 2.45) is 0 Å². The van der Waals surface area contributed by atoms with Crippen molar-refractivity contribution in [3.63, 3.8) is 0 Å². The highest BCUT2D eigenvalue weighted by Gasteiger charge is 2.19. The topological polar surface area (TPSA) is 23.0 Å². The van der Waals surface area contributed by atoms with Gasteiger partial charge in [-0.3, -0.25) is 0 Å². The Kier molecular flexibility index (Phi) is 6.34. The molecule has 9 aromatic carbocycles. The third-order valence-electron chi connectivity index (χ3n) is 11.5. The summed E-state index contributed by atoms with van der Waals surface area (Å²) in [5.74, 6) is 0. The molecule has 0 fully saturated rings. The Hall–Kier alpha value is -7.36. The molecule has 0 unspecified atom stereocenters. The van der Waals surface area contributed by atoms with Gasteiger partial charge in [-0.1, -0.05) is 127 Å². The minimum atomic E-state index is 0.899. The summed E-state index contributed by atoms with van der Waals surface area (Å²) in [5, 5.41) is 9.68. The van der Waals surface area contributed by atoms with Crippen LogP contribution in [0.3, 0.4) is 0 Å². The van der Waals surface area contributed by atoms with Crippen molar-refractivity contribution in [2.75, 3.05) is 0 Å². The van der Waals surface area contributed by atoms with Gasteiger partial charge in [0.25, 0.3) is 0 Å². The highest BCUT2D eigenvalue weighted by molar-refractivity contribution is 6.14. The molecule has 3 heterocycles. The van der Waals surface area contributed by atoms with Crippen LogP contribution in [0.4, 0.5) is 0 Å². The van der Waals surface area contributed by atoms with Crippen molar-refractivity contribution in [1.82, 2.24) is 9.13 Å². The largest absolute Gasteiger partial charge is 0.455 e. The molecule has 0 N–H and O–H groups in total. The Bertz CT molecular complexity index is 3490. The van der Waals surface area contributed by atoms with Crippen molar-refractivity contribution in [3.8, 4) is 33.6 Å². The smallest absolute Gasteiger partial charge is 0.143 e. The number of para-hydroxylation sites is 3. The second kappa shape index (κ2) is 11.6. The maximum atomic E-state index is 6.54. The molecule has 0 atom stereocenters. The number of hydrogen-bond acceptors (Lipinski definition) is 1. The van der Waals surface area contributed by atoms with Crippen LogP contribution in [0.2, 0.25) is 0 Å². The zero-order chi connectivity index (χ0) is 36.0. The Morgan fingerprint density at radius 2 is 0.873 bits per heavy atom. The van der Waals surface area contributed by atoms with E-state index in [-0.39, 0.29) is 0 Å². The van der Waals surface area contributed by atoms with Gasteiger partial charge in [0.05, 0.1) is 22.1 Å². The average molecular weight is 701 g/mol. The number of benzene rings is 9. The Balaban J connectivity index is 1.06. The van der Waals surface area contributed by atoms with Crippen LogP contribution in [0.5, 0.6) is 0 Å². The summed E-state index contributed by atoms with van der Waals surface area (Å²) in [6.07, 6.45) is 0. The fraction of sp³-hybridized carbons (Fsp3) is 0. The van der Waals surface area contributed by atoms with Gasteiger partial charge < -0.3 is 13.6 Å². The van der Waals surface area contributed by atoms with Gasteiger partial charge in [0.2, 0.25) is 0 Å². The zero-order valence-corrected chi connectivity index (χ0v) is 29.8. The third kappa shape index (κ3) is 4.50. The van der Waals surface area contributed by atoms with Gasteiger partial charge in [-0.2, -0.15) is 0 Å². The summed E-state index contributed by atoms with van der Waals surface area (Å²) in [4.78, 5) is 0. The van der Waals surface area contributed by atoms with E-state index in [1.807, 2.05) is 6.07 Å². The van der Waals surface area contributed by atoms with Crippen molar-refractivity contribution in [3.05, 3.63) is 194 Å². The van der Waals surface area contributed by atoms with Gasteiger partial charge in [0.15, 0.2) is 0 Å². The number of rotatable bonds is 4. The molecule has 0 aliphatic carbocycles. The molecule has 3 aromatic heterocycles. The highest BCUT2D eigenvalue weighted by atomic mass is 16.3. The van der Waals surface area contributed by atoms with E-state index < -0.39 is 0 Å². The van der Waals surface area contributed by atoms with E-state index in [9.17, 15) is 0 Å². The normalized spacial score (nSPS) is 12.0. The molecule has 0 spiro atoms. The number of aromatic nitrogens is 2. The molecule has 0 bridgehead atoms. The summed E-state index contributed by atoms with van der Waals surface area (Å²) >= 11 is 0. The molecule has 0 amide bonds. The first-order valence-electron chi connectivity index (χ1n) is 18.8. The van der Waals surface area contributed by atoms with Crippen LogP contribution in [-0.2, 0) is 0 Å². The Labute approximate surface area is 316 Å². The molecule has 0 radical (unpaired) electrons. The molecule has 55 heavy (non-hydrogen) atoms. The first kappa shape index (κ1) is 30.1. The van der Waals surface area contributed by atoms with Gasteiger partial charge in [-0.25, -0.2) is 0 Å². The summed E-state index contributed by atoms with van der Waals surface area (Å²) in [5.41, 5.74) is 13.5. The zero-order valence-electron chi connectivity index (χ0n) is 29.8. The fourth-order valence-electron chi connectivity index (χ4n) is 8.95. The number of furan rings is 1. The van der Waals surface area contributed by atoms with Crippen molar-refractivity contribution < 1.29 is 4.42 Å². The fourth-order valence-corrected chi connectivity index (χ4v) is 8.95. The maximum absolute atomic E-state index is 6.54. The van der Waals surface area contributed by atoms with Crippen LogP contribution in [0, 0.1) is 0 Å². The predicted molar refractivity (Wildman–Crippen MR) is 231 cm³/mol. The molecule has 256 valence electrons. The minimum absolute atomic E-state index is 0.899. The first-order chi connectivity index (χ1) is 27.3. The molecule has 0 saturated carbocycles. The van der Waals surface area contributed by atoms with Crippen LogP contribution in [0.15, 0.2) is 199 Å². The van der Waals surface area contributed by atoms with E-state index in [0.29, 0.717) is 0 Å². The number of hydrogen-bond donors (Lipinski definition) is 0. The number of nitrogens with zero attached hydrogens (tertiary/aromatic N) is 2.